The summed E-state index contributed by atoms with van der Waals surface area (Å²) in [7, 11) is 0. The van der Waals surface area contributed by atoms with Crippen molar-refractivity contribution in [1.82, 2.24) is 15.1 Å². The van der Waals surface area contributed by atoms with Crippen LogP contribution in [-0.4, -0.2) is 39.3 Å². The smallest absolute Gasteiger partial charge is 0.277 e. The molecule has 1 aliphatic rings. The standard InChI is InChI=1S/C16H19N3O2S/c1-11-6-5-7-13(10-11)14-17-18-16(21-14)22-12(2)15(20)19-8-3-4-9-19/h5-7,10,12H,3-4,8-9H2,1-2H3/t12-/m1/s1. The molecule has 0 spiro atoms. The van der Waals surface area contributed by atoms with E-state index in [9.17, 15) is 4.79 Å². The highest BCUT2D eigenvalue weighted by Crippen LogP contribution is 2.27. The fraction of sp³-hybridized carbons (Fsp3) is 0.438. The van der Waals surface area contributed by atoms with Crippen molar-refractivity contribution in [3.05, 3.63) is 29.8 Å². The van der Waals surface area contributed by atoms with Crippen molar-refractivity contribution in [3.63, 3.8) is 0 Å². The van der Waals surface area contributed by atoms with Crippen molar-refractivity contribution in [2.24, 2.45) is 0 Å². The van der Waals surface area contributed by atoms with Gasteiger partial charge in [0.15, 0.2) is 0 Å². The Morgan fingerprint density at radius 1 is 1.32 bits per heavy atom. The average Bonchev–Trinajstić information content (AvgIpc) is 3.18. The van der Waals surface area contributed by atoms with Gasteiger partial charge in [-0.25, -0.2) is 0 Å². The van der Waals surface area contributed by atoms with E-state index in [2.05, 4.69) is 10.2 Å². The Kier molecular flexibility index (Phi) is 4.47. The van der Waals surface area contributed by atoms with Gasteiger partial charge in [-0.3, -0.25) is 4.79 Å². The Hall–Kier alpha value is -1.82. The predicted molar refractivity (Wildman–Crippen MR) is 85.6 cm³/mol. The van der Waals surface area contributed by atoms with Gasteiger partial charge in [-0.1, -0.05) is 29.5 Å². The van der Waals surface area contributed by atoms with Crippen LogP contribution >= 0.6 is 11.8 Å². The number of hydrogen-bond donors (Lipinski definition) is 0. The van der Waals surface area contributed by atoms with Crippen LogP contribution in [0.3, 0.4) is 0 Å². The first kappa shape index (κ1) is 15.1. The molecule has 22 heavy (non-hydrogen) atoms. The lowest BCUT2D eigenvalue weighted by atomic mass is 10.1. The molecule has 6 heteroatoms. The topological polar surface area (TPSA) is 59.2 Å². The molecule has 1 saturated heterocycles. The van der Waals surface area contributed by atoms with Crippen molar-refractivity contribution in [2.75, 3.05) is 13.1 Å². The van der Waals surface area contributed by atoms with Crippen LogP contribution in [0.4, 0.5) is 0 Å². The highest BCUT2D eigenvalue weighted by Gasteiger charge is 2.25. The van der Waals surface area contributed by atoms with Crippen molar-refractivity contribution in [2.45, 2.75) is 37.2 Å². The maximum atomic E-state index is 12.3. The second-order valence-electron chi connectivity index (χ2n) is 5.54. The second kappa shape index (κ2) is 6.52. The van der Waals surface area contributed by atoms with Gasteiger partial charge in [0.05, 0.1) is 5.25 Å². The third-order valence-electron chi connectivity index (χ3n) is 3.71. The number of amides is 1. The van der Waals surface area contributed by atoms with Gasteiger partial charge in [-0.05, 0) is 38.8 Å². The summed E-state index contributed by atoms with van der Waals surface area (Å²) in [4.78, 5) is 14.2. The molecule has 2 heterocycles. The zero-order chi connectivity index (χ0) is 15.5. The van der Waals surface area contributed by atoms with Crippen molar-refractivity contribution in [3.8, 4) is 11.5 Å². The summed E-state index contributed by atoms with van der Waals surface area (Å²) in [5.41, 5.74) is 2.04. The van der Waals surface area contributed by atoms with Crippen LogP contribution in [0.2, 0.25) is 0 Å². The van der Waals surface area contributed by atoms with Gasteiger partial charge in [0.1, 0.15) is 0 Å². The molecule has 0 aliphatic carbocycles. The largest absolute Gasteiger partial charge is 0.411 e. The third kappa shape index (κ3) is 3.32. The third-order valence-corrected chi connectivity index (χ3v) is 4.64. The highest BCUT2D eigenvalue weighted by atomic mass is 32.2. The predicted octanol–water partition coefficient (Wildman–Crippen LogP) is 3.15. The van der Waals surface area contributed by atoms with E-state index in [4.69, 9.17) is 4.42 Å². The van der Waals surface area contributed by atoms with Crippen molar-refractivity contribution < 1.29 is 9.21 Å². The molecule has 0 saturated carbocycles. The molecule has 0 radical (unpaired) electrons. The van der Waals surface area contributed by atoms with Crippen LogP contribution in [0.15, 0.2) is 33.9 Å². The normalized spacial score (nSPS) is 16.0. The summed E-state index contributed by atoms with van der Waals surface area (Å²) < 4.78 is 5.68. The maximum Gasteiger partial charge on any atom is 0.277 e. The first-order valence-corrected chi connectivity index (χ1v) is 8.37. The van der Waals surface area contributed by atoms with Gasteiger partial charge in [-0.15, -0.1) is 10.2 Å². The SMILES string of the molecule is Cc1cccc(-c2nnc(S[C@H](C)C(=O)N3CCCC3)o2)c1. The fourth-order valence-electron chi connectivity index (χ4n) is 2.55. The summed E-state index contributed by atoms with van der Waals surface area (Å²) >= 11 is 1.33. The van der Waals surface area contributed by atoms with E-state index in [-0.39, 0.29) is 11.2 Å². The molecular weight excluding hydrogens is 298 g/mol. The quantitative estimate of drug-likeness (QED) is 0.811. The van der Waals surface area contributed by atoms with Crippen LogP contribution in [0.1, 0.15) is 25.3 Å². The van der Waals surface area contributed by atoms with Gasteiger partial charge < -0.3 is 9.32 Å². The Morgan fingerprint density at radius 2 is 2.09 bits per heavy atom. The number of likely N-dealkylation sites (tertiary alicyclic amines) is 1. The minimum absolute atomic E-state index is 0.151. The molecular formula is C16H19N3O2S. The number of nitrogens with zero attached hydrogens (tertiary/aromatic N) is 3. The van der Waals surface area contributed by atoms with Crippen LogP contribution < -0.4 is 0 Å². The number of hydrogen-bond acceptors (Lipinski definition) is 5. The lowest BCUT2D eigenvalue weighted by Gasteiger charge is -2.18. The van der Waals surface area contributed by atoms with Crippen LogP contribution in [0.5, 0.6) is 0 Å². The molecule has 116 valence electrons. The van der Waals surface area contributed by atoms with E-state index >= 15 is 0 Å². The highest BCUT2D eigenvalue weighted by molar-refractivity contribution is 8.00. The Morgan fingerprint density at radius 3 is 2.82 bits per heavy atom. The molecule has 2 aromatic rings. The van der Waals surface area contributed by atoms with Gasteiger partial charge in [0, 0.05) is 18.7 Å². The molecule has 5 nitrogen and oxygen atoms in total. The van der Waals surface area contributed by atoms with Gasteiger partial charge in [-0.2, -0.15) is 0 Å². The Labute approximate surface area is 134 Å². The minimum atomic E-state index is -0.205. The first-order valence-electron chi connectivity index (χ1n) is 7.49. The van der Waals surface area contributed by atoms with Gasteiger partial charge in [0.2, 0.25) is 11.8 Å². The molecule has 0 bridgehead atoms. The average molecular weight is 317 g/mol. The lowest BCUT2D eigenvalue weighted by molar-refractivity contribution is -0.129. The number of benzene rings is 1. The molecule has 1 fully saturated rings. The van der Waals surface area contributed by atoms with E-state index in [0.29, 0.717) is 11.1 Å². The van der Waals surface area contributed by atoms with Crippen molar-refractivity contribution >= 4 is 17.7 Å². The van der Waals surface area contributed by atoms with E-state index in [0.717, 1.165) is 37.1 Å². The number of aryl methyl sites for hydroxylation is 1. The van der Waals surface area contributed by atoms with Gasteiger partial charge >= 0.3 is 0 Å². The number of aromatic nitrogens is 2. The number of carbonyl (C=O) groups excluding carboxylic acids is 1. The molecule has 0 N–H and O–H groups in total. The molecule has 1 amide bonds. The Balaban J connectivity index is 1.67. The van der Waals surface area contributed by atoms with Crippen LogP contribution in [-0.2, 0) is 4.79 Å². The molecule has 1 aliphatic heterocycles. The first-order chi connectivity index (χ1) is 10.6. The summed E-state index contributed by atoms with van der Waals surface area (Å²) in [5, 5.41) is 8.36. The number of carbonyl (C=O) groups is 1. The number of thioether (sulfide) groups is 1. The molecule has 1 aromatic heterocycles. The lowest BCUT2D eigenvalue weighted by Crippen LogP contribution is -2.34. The summed E-state index contributed by atoms with van der Waals surface area (Å²) in [5.74, 6) is 0.643. The monoisotopic (exact) mass is 317 g/mol. The second-order valence-corrected chi connectivity index (χ2v) is 6.83. The van der Waals surface area contributed by atoms with Crippen LogP contribution in [0, 0.1) is 6.92 Å². The summed E-state index contributed by atoms with van der Waals surface area (Å²) in [6, 6.07) is 7.92. The van der Waals surface area contributed by atoms with E-state index < -0.39 is 0 Å². The maximum absolute atomic E-state index is 12.3. The zero-order valence-corrected chi connectivity index (χ0v) is 13.6. The molecule has 1 aromatic carbocycles. The molecule has 3 rings (SSSR count). The van der Waals surface area contributed by atoms with E-state index in [1.165, 1.54) is 11.8 Å². The fourth-order valence-corrected chi connectivity index (χ4v) is 3.32. The molecule has 1 atom stereocenters. The molecule has 0 unspecified atom stereocenters. The van der Waals surface area contributed by atoms with E-state index in [1.807, 2.05) is 43.0 Å². The van der Waals surface area contributed by atoms with E-state index in [1.54, 1.807) is 0 Å². The summed E-state index contributed by atoms with van der Waals surface area (Å²) in [6.07, 6.45) is 2.20. The summed E-state index contributed by atoms with van der Waals surface area (Å²) in [6.45, 7) is 5.64. The Bertz CT molecular complexity index is 665. The van der Waals surface area contributed by atoms with Crippen molar-refractivity contribution in [1.29, 1.82) is 0 Å². The van der Waals surface area contributed by atoms with Crippen LogP contribution in [0.25, 0.3) is 11.5 Å². The van der Waals surface area contributed by atoms with Gasteiger partial charge in [0.25, 0.3) is 5.22 Å². The minimum Gasteiger partial charge on any atom is -0.411 e. The zero-order valence-electron chi connectivity index (χ0n) is 12.8. The number of rotatable bonds is 4.